The number of thiophene rings is 1. The van der Waals surface area contributed by atoms with E-state index < -0.39 is 0 Å². The van der Waals surface area contributed by atoms with Gasteiger partial charge in [0.05, 0.1) is 0 Å². The van der Waals surface area contributed by atoms with E-state index >= 15 is 0 Å². The first-order valence-corrected chi connectivity index (χ1v) is 5.49. The number of nitrogens with zero attached hydrogens (tertiary/aromatic N) is 1. The van der Waals surface area contributed by atoms with E-state index in [1.165, 1.54) is 38.0 Å². The molecule has 0 spiro atoms. The second kappa shape index (κ2) is 3.58. The first-order valence-electron chi connectivity index (χ1n) is 4.61. The Bertz CT molecular complexity index is 248. The third-order valence-corrected chi connectivity index (χ3v) is 3.54. The van der Waals surface area contributed by atoms with Crippen LogP contribution in [0.5, 0.6) is 0 Å². The van der Waals surface area contributed by atoms with Crippen LogP contribution in [-0.2, 0) is 6.54 Å². The standard InChI is InChI=1S/C10H15NS/c1-9-4-7-12-10(9)8-11-5-2-3-6-11/h4,7H,2-3,5-6,8H2,1H3. The van der Waals surface area contributed by atoms with Gasteiger partial charge in [0, 0.05) is 11.4 Å². The lowest BCUT2D eigenvalue weighted by molar-refractivity contribution is 0.334. The van der Waals surface area contributed by atoms with E-state index in [4.69, 9.17) is 0 Å². The van der Waals surface area contributed by atoms with Gasteiger partial charge in [-0.2, -0.15) is 0 Å². The highest BCUT2D eigenvalue weighted by Crippen LogP contribution is 2.20. The van der Waals surface area contributed by atoms with Gasteiger partial charge in [0.1, 0.15) is 0 Å². The van der Waals surface area contributed by atoms with E-state index in [9.17, 15) is 0 Å². The van der Waals surface area contributed by atoms with E-state index in [1.807, 2.05) is 11.3 Å². The van der Waals surface area contributed by atoms with Crippen molar-refractivity contribution in [1.29, 1.82) is 0 Å². The molecular formula is C10H15NS. The molecule has 1 saturated heterocycles. The summed E-state index contributed by atoms with van der Waals surface area (Å²) in [5, 5.41) is 2.20. The van der Waals surface area contributed by atoms with Crippen LogP contribution in [0.25, 0.3) is 0 Å². The predicted octanol–water partition coefficient (Wildman–Crippen LogP) is 2.65. The van der Waals surface area contributed by atoms with E-state index in [0.717, 1.165) is 0 Å². The van der Waals surface area contributed by atoms with Crippen molar-refractivity contribution in [3.63, 3.8) is 0 Å². The average Bonchev–Trinajstić information content (AvgIpc) is 2.65. The maximum absolute atomic E-state index is 2.55. The molecule has 0 aliphatic carbocycles. The Morgan fingerprint density at radius 3 is 2.75 bits per heavy atom. The molecular weight excluding hydrogens is 166 g/mol. The van der Waals surface area contributed by atoms with Gasteiger partial charge < -0.3 is 0 Å². The predicted molar refractivity (Wildman–Crippen MR) is 53.6 cm³/mol. The molecule has 2 heterocycles. The number of aryl methyl sites for hydroxylation is 1. The Morgan fingerprint density at radius 2 is 2.17 bits per heavy atom. The summed E-state index contributed by atoms with van der Waals surface area (Å²) in [7, 11) is 0. The summed E-state index contributed by atoms with van der Waals surface area (Å²) in [6.45, 7) is 6.00. The average molecular weight is 181 g/mol. The topological polar surface area (TPSA) is 3.24 Å². The molecule has 1 aromatic rings. The molecule has 0 N–H and O–H groups in total. The molecule has 1 fully saturated rings. The molecule has 0 unspecified atom stereocenters. The highest BCUT2D eigenvalue weighted by molar-refractivity contribution is 7.10. The zero-order valence-electron chi connectivity index (χ0n) is 7.55. The molecule has 12 heavy (non-hydrogen) atoms. The second-order valence-electron chi connectivity index (χ2n) is 3.51. The second-order valence-corrected chi connectivity index (χ2v) is 4.51. The summed E-state index contributed by atoms with van der Waals surface area (Å²) in [4.78, 5) is 4.11. The van der Waals surface area contributed by atoms with Crippen LogP contribution >= 0.6 is 11.3 Å². The summed E-state index contributed by atoms with van der Waals surface area (Å²) >= 11 is 1.89. The van der Waals surface area contributed by atoms with Crippen LogP contribution in [0.4, 0.5) is 0 Å². The van der Waals surface area contributed by atoms with Crippen LogP contribution in [0.3, 0.4) is 0 Å². The van der Waals surface area contributed by atoms with E-state index in [-0.39, 0.29) is 0 Å². The number of hydrogen-bond acceptors (Lipinski definition) is 2. The quantitative estimate of drug-likeness (QED) is 0.678. The van der Waals surface area contributed by atoms with Gasteiger partial charge in [-0.1, -0.05) is 0 Å². The van der Waals surface area contributed by atoms with Gasteiger partial charge in [-0.05, 0) is 49.9 Å². The fourth-order valence-electron chi connectivity index (χ4n) is 1.71. The largest absolute Gasteiger partial charge is 0.298 e. The summed E-state index contributed by atoms with van der Waals surface area (Å²) in [5.74, 6) is 0. The van der Waals surface area contributed by atoms with Crippen molar-refractivity contribution in [2.24, 2.45) is 0 Å². The number of hydrogen-bond donors (Lipinski definition) is 0. The summed E-state index contributed by atoms with van der Waals surface area (Å²) in [6.07, 6.45) is 2.79. The van der Waals surface area contributed by atoms with Crippen molar-refractivity contribution in [3.05, 3.63) is 21.9 Å². The molecule has 1 aliphatic heterocycles. The van der Waals surface area contributed by atoms with Gasteiger partial charge in [-0.3, -0.25) is 4.90 Å². The van der Waals surface area contributed by atoms with Crippen molar-refractivity contribution in [2.45, 2.75) is 26.3 Å². The minimum absolute atomic E-state index is 1.18. The van der Waals surface area contributed by atoms with Crippen LogP contribution in [0.1, 0.15) is 23.3 Å². The highest BCUT2D eigenvalue weighted by Gasteiger charge is 2.12. The van der Waals surface area contributed by atoms with Crippen molar-refractivity contribution >= 4 is 11.3 Å². The van der Waals surface area contributed by atoms with Crippen LogP contribution in [-0.4, -0.2) is 18.0 Å². The summed E-state index contributed by atoms with van der Waals surface area (Å²) in [6, 6.07) is 2.22. The van der Waals surface area contributed by atoms with Crippen LogP contribution < -0.4 is 0 Å². The van der Waals surface area contributed by atoms with E-state index in [2.05, 4.69) is 23.3 Å². The highest BCUT2D eigenvalue weighted by atomic mass is 32.1. The minimum Gasteiger partial charge on any atom is -0.298 e. The molecule has 66 valence electrons. The molecule has 2 heteroatoms. The van der Waals surface area contributed by atoms with Crippen molar-refractivity contribution in [2.75, 3.05) is 13.1 Å². The normalized spacial score (nSPS) is 18.8. The van der Waals surface area contributed by atoms with Gasteiger partial charge in [0.25, 0.3) is 0 Å². The summed E-state index contributed by atoms with van der Waals surface area (Å²) < 4.78 is 0. The maximum Gasteiger partial charge on any atom is 0.0330 e. The van der Waals surface area contributed by atoms with Gasteiger partial charge in [0.15, 0.2) is 0 Å². The van der Waals surface area contributed by atoms with Crippen molar-refractivity contribution in [3.8, 4) is 0 Å². The third-order valence-electron chi connectivity index (χ3n) is 2.53. The van der Waals surface area contributed by atoms with Gasteiger partial charge in [0.2, 0.25) is 0 Å². The lowest BCUT2D eigenvalue weighted by Gasteiger charge is -2.13. The van der Waals surface area contributed by atoms with Crippen LogP contribution in [0, 0.1) is 6.92 Å². The molecule has 0 aromatic carbocycles. The molecule has 1 nitrogen and oxygen atoms in total. The molecule has 1 aliphatic rings. The molecule has 0 radical (unpaired) electrons. The maximum atomic E-state index is 2.55. The molecule has 0 saturated carbocycles. The van der Waals surface area contributed by atoms with E-state index in [1.54, 1.807) is 4.88 Å². The Morgan fingerprint density at radius 1 is 1.42 bits per heavy atom. The SMILES string of the molecule is Cc1ccsc1CN1CCCC1. The fourth-order valence-corrected chi connectivity index (χ4v) is 2.66. The zero-order valence-corrected chi connectivity index (χ0v) is 8.36. The first kappa shape index (κ1) is 8.27. The Balaban J connectivity index is 1.98. The van der Waals surface area contributed by atoms with Crippen LogP contribution in [0.15, 0.2) is 11.4 Å². The van der Waals surface area contributed by atoms with Crippen molar-refractivity contribution in [1.82, 2.24) is 4.90 Å². The number of rotatable bonds is 2. The number of likely N-dealkylation sites (tertiary alicyclic amines) is 1. The van der Waals surface area contributed by atoms with E-state index in [0.29, 0.717) is 0 Å². The van der Waals surface area contributed by atoms with Crippen molar-refractivity contribution < 1.29 is 0 Å². The molecule has 2 rings (SSSR count). The molecule has 0 amide bonds. The van der Waals surface area contributed by atoms with Gasteiger partial charge in [-0.25, -0.2) is 0 Å². The smallest absolute Gasteiger partial charge is 0.0330 e. The Labute approximate surface area is 78.0 Å². The lowest BCUT2D eigenvalue weighted by Crippen LogP contribution is -2.17. The molecule has 1 aromatic heterocycles. The van der Waals surface area contributed by atoms with Gasteiger partial charge in [-0.15, -0.1) is 11.3 Å². The minimum atomic E-state index is 1.18. The Hall–Kier alpha value is -0.340. The molecule has 0 atom stereocenters. The molecule has 0 bridgehead atoms. The lowest BCUT2D eigenvalue weighted by atomic mass is 10.3. The Kier molecular flexibility index (Phi) is 2.47. The van der Waals surface area contributed by atoms with Crippen LogP contribution in [0.2, 0.25) is 0 Å². The zero-order chi connectivity index (χ0) is 8.39. The summed E-state index contributed by atoms with van der Waals surface area (Å²) in [5.41, 5.74) is 1.46. The monoisotopic (exact) mass is 181 g/mol. The first-order chi connectivity index (χ1) is 5.86. The fraction of sp³-hybridized carbons (Fsp3) is 0.600. The van der Waals surface area contributed by atoms with Gasteiger partial charge >= 0.3 is 0 Å². The third kappa shape index (κ3) is 1.70.